The van der Waals surface area contributed by atoms with Gasteiger partial charge < -0.3 is 20.5 Å². The number of carboxylic acid groups (broad SMARTS) is 1. The summed E-state index contributed by atoms with van der Waals surface area (Å²) >= 11 is 5.99. The number of halogens is 1. The van der Waals surface area contributed by atoms with Crippen LogP contribution in [0.5, 0.6) is 5.75 Å². The predicted octanol–water partition coefficient (Wildman–Crippen LogP) is 2.13. The first-order chi connectivity index (χ1) is 10.0. The van der Waals surface area contributed by atoms with Crippen molar-refractivity contribution in [1.29, 1.82) is 0 Å². The summed E-state index contributed by atoms with van der Waals surface area (Å²) in [5.74, 6) is -1.17. The fourth-order valence-corrected chi connectivity index (χ4v) is 2.09. The highest BCUT2D eigenvalue weighted by molar-refractivity contribution is 6.34. The third kappa shape index (κ3) is 4.34. The summed E-state index contributed by atoms with van der Waals surface area (Å²) in [5, 5.41) is 15.1. The van der Waals surface area contributed by atoms with E-state index < -0.39 is 5.97 Å². The SMILES string of the molecule is COc1cc(NC(=O)CCNC2CC2)c(Cl)cc1C(=O)O. The second kappa shape index (κ2) is 6.78. The molecule has 3 N–H and O–H groups in total. The van der Waals surface area contributed by atoms with Gasteiger partial charge in [0.25, 0.3) is 0 Å². The molecule has 1 amide bonds. The van der Waals surface area contributed by atoms with E-state index in [1.54, 1.807) is 0 Å². The number of ether oxygens (including phenoxy) is 1. The van der Waals surface area contributed by atoms with Gasteiger partial charge in [0.15, 0.2) is 0 Å². The number of methoxy groups -OCH3 is 1. The molecule has 0 saturated heterocycles. The molecule has 2 rings (SSSR count). The molecule has 0 bridgehead atoms. The van der Waals surface area contributed by atoms with Crippen molar-refractivity contribution in [3.63, 3.8) is 0 Å². The van der Waals surface area contributed by atoms with Crippen molar-refractivity contribution >= 4 is 29.2 Å². The Morgan fingerprint density at radius 2 is 2.14 bits per heavy atom. The lowest BCUT2D eigenvalue weighted by Crippen LogP contribution is -2.23. The quantitative estimate of drug-likeness (QED) is 0.718. The lowest BCUT2D eigenvalue weighted by molar-refractivity contribution is -0.116. The van der Waals surface area contributed by atoms with Crippen LogP contribution in [-0.4, -0.2) is 36.7 Å². The van der Waals surface area contributed by atoms with Gasteiger partial charge in [-0.2, -0.15) is 0 Å². The van der Waals surface area contributed by atoms with Gasteiger partial charge in [-0.05, 0) is 18.9 Å². The number of amides is 1. The van der Waals surface area contributed by atoms with Crippen molar-refractivity contribution < 1.29 is 19.4 Å². The molecule has 1 saturated carbocycles. The molecular weight excluding hydrogens is 296 g/mol. The van der Waals surface area contributed by atoms with Gasteiger partial charge in [0.05, 0.1) is 17.8 Å². The van der Waals surface area contributed by atoms with Crippen molar-refractivity contribution in [1.82, 2.24) is 5.32 Å². The fraction of sp³-hybridized carbons (Fsp3) is 0.429. The minimum absolute atomic E-state index is 0.0455. The molecule has 21 heavy (non-hydrogen) atoms. The van der Waals surface area contributed by atoms with Gasteiger partial charge in [-0.25, -0.2) is 4.79 Å². The molecule has 0 unspecified atom stereocenters. The molecule has 1 aliphatic rings. The first kappa shape index (κ1) is 15.6. The molecule has 7 heteroatoms. The number of rotatable bonds is 7. The highest BCUT2D eigenvalue weighted by atomic mass is 35.5. The predicted molar refractivity (Wildman–Crippen MR) is 79.2 cm³/mol. The Balaban J connectivity index is 2.00. The maximum atomic E-state index is 11.8. The Kier molecular flexibility index (Phi) is 5.03. The summed E-state index contributed by atoms with van der Waals surface area (Å²) in [7, 11) is 1.36. The van der Waals surface area contributed by atoms with E-state index in [-0.39, 0.29) is 22.2 Å². The zero-order valence-corrected chi connectivity index (χ0v) is 12.4. The second-order valence-corrected chi connectivity index (χ2v) is 5.27. The van der Waals surface area contributed by atoms with E-state index in [0.717, 1.165) is 0 Å². The third-order valence-corrected chi connectivity index (χ3v) is 3.47. The number of hydrogen-bond acceptors (Lipinski definition) is 4. The van der Waals surface area contributed by atoms with Crippen LogP contribution in [-0.2, 0) is 4.79 Å². The van der Waals surface area contributed by atoms with E-state index in [2.05, 4.69) is 10.6 Å². The van der Waals surface area contributed by atoms with Gasteiger partial charge >= 0.3 is 5.97 Å². The van der Waals surface area contributed by atoms with Crippen molar-refractivity contribution in [2.24, 2.45) is 0 Å². The van der Waals surface area contributed by atoms with Crippen molar-refractivity contribution in [2.75, 3.05) is 19.0 Å². The van der Waals surface area contributed by atoms with Gasteiger partial charge in [-0.15, -0.1) is 0 Å². The molecule has 0 aromatic heterocycles. The zero-order chi connectivity index (χ0) is 15.4. The maximum Gasteiger partial charge on any atom is 0.339 e. The van der Waals surface area contributed by atoms with Gasteiger partial charge in [0, 0.05) is 25.1 Å². The average molecular weight is 313 g/mol. The molecule has 0 aliphatic heterocycles. The van der Waals surface area contributed by atoms with Crippen molar-refractivity contribution in [3.8, 4) is 5.75 Å². The van der Waals surface area contributed by atoms with Crippen LogP contribution in [0.1, 0.15) is 29.6 Å². The summed E-state index contributed by atoms with van der Waals surface area (Å²) in [4.78, 5) is 22.9. The van der Waals surface area contributed by atoms with E-state index in [0.29, 0.717) is 24.7 Å². The minimum atomic E-state index is -1.14. The van der Waals surface area contributed by atoms with E-state index in [1.165, 1.54) is 32.1 Å². The number of carboxylic acids is 1. The van der Waals surface area contributed by atoms with E-state index >= 15 is 0 Å². The van der Waals surface area contributed by atoms with Crippen LogP contribution in [0.2, 0.25) is 5.02 Å². The van der Waals surface area contributed by atoms with Crippen LogP contribution in [0.3, 0.4) is 0 Å². The van der Waals surface area contributed by atoms with Crippen molar-refractivity contribution in [2.45, 2.75) is 25.3 Å². The summed E-state index contributed by atoms with van der Waals surface area (Å²) in [6.45, 7) is 0.610. The molecule has 1 aromatic carbocycles. The average Bonchev–Trinajstić information content (AvgIpc) is 3.24. The zero-order valence-electron chi connectivity index (χ0n) is 11.6. The highest BCUT2D eigenvalue weighted by Gasteiger charge is 2.20. The van der Waals surface area contributed by atoms with E-state index in [4.69, 9.17) is 21.4 Å². The molecule has 0 atom stereocenters. The Morgan fingerprint density at radius 3 is 2.71 bits per heavy atom. The molecule has 0 spiro atoms. The Morgan fingerprint density at radius 1 is 1.43 bits per heavy atom. The van der Waals surface area contributed by atoms with Crippen LogP contribution in [0.25, 0.3) is 0 Å². The minimum Gasteiger partial charge on any atom is -0.496 e. The smallest absolute Gasteiger partial charge is 0.339 e. The topological polar surface area (TPSA) is 87.7 Å². The van der Waals surface area contributed by atoms with E-state index in [9.17, 15) is 9.59 Å². The summed E-state index contributed by atoms with van der Waals surface area (Å²) < 4.78 is 5.00. The first-order valence-corrected chi connectivity index (χ1v) is 7.03. The largest absolute Gasteiger partial charge is 0.496 e. The summed E-state index contributed by atoms with van der Waals surface area (Å²) in [6, 6.07) is 3.23. The van der Waals surface area contributed by atoms with Gasteiger partial charge in [0.1, 0.15) is 11.3 Å². The van der Waals surface area contributed by atoms with Gasteiger partial charge in [-0.1, -0.05) is 11.6 Å². The number of benzene rings is 1. The molecule has 0 radical (unpaired) electrons. The Labute approximate surface area is 127 Å². The van der Waals surface area contributed by atoms with Crippen LogP contribution >= 0.6 is 11.6 Å². The number of hydrogen-bond donors (Lipinski definition) is 3. The lowest BCUT2D eigenvalue weighted by atomic mass is 10.1. The van der Waals surface area contributed by atoms with Crippen LogP contribution in [0.4, 0.5) is 5.69 Å². The van der Waals surface area contributed by atoms with Gasteiger partial charge in [-0.3, -0.25) is 4.79 Å². The van der Waals surface area contributed by atoms with E-state index in [1.807, 2.05) is 0 Å². The number of aromatic carboxylic acids is 1. The molecule has 114 valence electrons. The maximum absolute atomic E-state index is 11.8. The van der Waals surface area contributed by atoms with Crippen LogP contribution in [0, 0.1) is 0 Å². The lowest BCUT2D eigenvalue weighted by Gasteiger charge is -2.11. The number of carbonyl (C=O) groups excluding carboxylic acids is 1. The normalized spacial score (nSPS) is 13.8. The number of nitrogens with one attached hydrogen (secondary N) is 2. The molecule has 1 fully saturated rings. The molecule has 0 heterocycles. The fourth-order valence-electron chi connectivity index (χ4n) is 1.88. The third-order valence-electron chi connectivity index (χ3n) is 3.16. The Bertz CT molecular complexity index is 558. The first-order valence-electron chi connectivity index (χ1n) is 6.65. The summed E-state index contributed by atoms with van der Waals surface area (Å²) in [6.07, 6.45) is 2.67. The highest BCUT2D eigenvalue weighted by Crippen LogP contribution is 2.31. The number of carbonyl (C=O) groups is 2. The molecular formula is C14H17ClN2O4. The molecule has 6 nitrogen and oxygen atoms in total. The summed E-state index contributed by atoms with van der Waals surface area (Å²) in [5.41, 5.74) is 0.297. The monoisotopic (exact) mass is 312 g/mol. The standard InChI is InChI=1S/C14H17ClN2O4/c1-21-12-7-11(10(15)6-9(12)14(19)20)17-13(18)4-5-16-8-2-3-8/h6-8,16H,2-5H2,1H3,(H,17,18)(H,19,20). The second-order valence-electron chi connectivity index (χ2n) is 4.86. The molecule has 1 aromatic rings. The van der Waals surface area contributed by atoms with Crippen molar-refractivity contribution in [3.05, 3.63) is 22.7 Å². The van der Waals surface area contributed by atoms with Gasteiger partial charge in [0.2, 0.25) is 5.91 Å². The van der Waals surface area contributed by atoms with Crippen LogP contribution < -0.4 is 15.4 Å². The van der Waals surface area contributed by atoms with Crippen LogP contribution in [0.15, 0.2) is 12.1 Å². The molecule has 1 aliphatic carbocycles. The number of anilines is 1. The Hall–Kier alpha value is -1.79.